The summed E-state index contributed by atoms with van der Waals surface area (Å²) in [4.78, 5) is 9.97. The Labute approximate surface area is 121 Å². The molecule has 0 unspecified atom stereocenters. The summed E-state index contributed by atoms with van der Waals surface area (Å²) in [6, 6.07) is 8.07. The quantitative estimate of drug-likeness (QED) is 0.841. The van der Waals surface area contributed by atoms with Gasteiger partial charge >= 0.3 is 0 Å². The van der Waals surface area contributed by atoms with E-state index in [0.717, 1.165) is 40.4 Å². The Bertz CT molecular complexity index is 616. The number of hydrogen-bond donors (Lipinski definition) is 1. The second kappa shape index (κ2) is 5.39. The lowest BCUT2D eigenvalue weighted by Gasteiger charge is -2.16. The molecule has 0 atom stereocenters. The van der Waals surface area contributed by atoms with Gasteiger partial charge in [-0.25, -0.2) is 4.98 Å². The number of aryl methyl sites for hydroxylation is 2. The van der Waals surface area contributed by atoms with Crippen LogP contribution in [0.2, 0.25) is 5.15 Å². The molecule has 98 valence electrons. The third-order valence-corrected chi connectivity index (χ3v) is 4.69. The molecule has 0 amide bonds. The van der Waals surface area contributed by atoms with Gasteiger partial charge in [-0.1, -0.05) is 29.8 Å². The first-order valence-corrected chi connectivity index (χ1v) is 7.62. The van der Waals surface area contributed by atoms with Crippen molar-refractivity contribution < 1.29 is 0 Å². The van der Waals surface area contributed by atoms with Crippen LogP contribution in [0.4, 0.5) is 11.6 Å². The molecule has 3 rings (SSSR count). The SMILES string of the molecule is Cc1ccccc1Nc1nc(Cl)c2c(n1)CCCS2. The molecular formula is C14H14ClN3S. The van der Waals surface area contributed by atoms with Gasteiger partial charge in [0.15, 0.2) is 0 Å². The van der Waals surface area contributed by atoms with Gasteiger partial charge in [0.05, 0.1) is 10.6 Å². The summed E-state index contributed by atoms with van der Waals surface area (Å²) < 4.78 is 0. The molecule has 0 spiro atoms. The Hall–Kier alpha value is -1.26. The number of rotatable bonds is 2. The monoisotopic (exact) mass is 291 g/mol. The van der Waals surface area contributed by atoms with Crippen LogP contribution in [0.5, 0.6) is 0 Å². The molecule has 0 bridgehead atoms. The van der Waals surface area contributed by atoms with Gasteiger partial charge in [0, 0.05) is 5.69 Å². The zero-order chi connectivity index (χ0) is 13.2. The van der Waals surface area contributed by atoms with E-state index in [2.05, 4.69) is 28.3 Å². The van der Waals surface area contributed by atoms with E-state index in [4.69, 9.17) is 11.6 Å². The summed E-state index contributed by atoms with van der Waals surface area (Å²) in [7, 11) is 0. The van der Waals surface area contributed by atoms with Crippen LogP contribution in [0.3, 0.4) is 0 Å². The minimum atomic E-state index is 0.561. The Kier molecular flexibility index (Phi) is 3.62. The predicted molar refractivity (Wildman–Crippen MR) is 80.5 cm³/mol. The third kappa shape index (κ3) is 2.69. The van der Waals surface area contributed by atoms with Crippen LogP contribution in [-0.2, 0) is 6.42 Å². The molecule has 1 aliphatic heterocycles. The standard InChI is InChI=1S/C14H14ClN3S/c1-9-5-2-3-6-10(9)16-14-17-11-7-4-8-19-12(11)13(15)18-14/h2-3,5-6H,4,7-8H2,1H3,(H,16,17,18). The number of aromatic nitrogens is 2. The average Bonchev–Trinajstić information content (AvgIpc) is 2.42. The molecule has 1 aliphatic rings. The summed E-state index contributed by atoms with van der Waals surface area (Å²) in [5.41, 5.74) is 3.24. The average molecular weight is 292 g/mol. The van der Waals surface area contributed by atoms with E-state index in [9.17, 15) is 0 Å². The lowest BCUT2D eigenvalue weighted by atomic mass is 10.2. The number of thioether (sulfide) groups is 1. The van der Waals surface area contributed by atoms with E-state index in [1.54, 1.807) is 11.8 Å². The molecule has 19 heavy (non-hydrogen) atoms. The molecule has 1 aromatic heterocycles. The topological polar surface area (TPSA) is 37.8 Å². The fraction of sp³-hybridized carbons (Fsp3) is 0.286. The van der Waals surface area contributed by atoms with Crippen molar-refractivity contribution in [2.45, 2.75) is 24.7 Å². The summed E-state index contributed by atoms with van der Waals surface area (Å²) in [5, 5.41) is 3.81. The fourth-order valence-electron chi connectivity index (χ4n) is 2.08. The van der Waals surface area contributed by atoms with Crippen molar-refractivity contribution in [3.8, 4) is 0 Å². The van der Waals surface area contributed by atoms with E-state index >= 15 is 0 Å². The third-order valence-electron chi connectivity index (χ3n) is 3.09. The highest BCUT2D eigenvalue weighted by atomic mass is 35.5. The second-order valence-corrected chi connectivity index (χ2v) is 5.97. The van der Waals surface area contributed by atoms with E-state index in [1.165, 1.54) is 0 Å². The summed E-state index contributed by atoms with van der Waals surface area (Å²) in [6.07, 6.45) is 2.13. The Morgan fingerprint density at radius 3 is 2.95 bits per heavy atom. The maximum atomic E-state index is 6.24. The normalized spacial score (nSPS) is 14.0. The predicted octanol–water partition coefficient (Wildman–Crippen LogP) is 4.22. The van der Waals surface area contributed by atoms with E-state index in [0.29, 0.717) is 11.1 Å². The van der Waals surface area contributed by atoms with Gasteiger partial charge in [-0.15, -0.1) is 11.8 Å². The maximum absolute atomic E-state index is 6.24. The first-order valence-electron chi connectivity index (χ1n) is 6.26. The first-order chi connectivity index (χ1) is 9.24. The molecule has 2 heterocycles. The van der Waals surface area contributed by atoms with Crippen LogP contribution in [-0.4, -0.2) is 15.7 Å². The molecule has 3 nitrogen and oxygen atoms in total. The van der Waals surface area contributed by atoms with Crippen molar-refractivity contribution in [3.05, 3.63) is 40.7 Å². The number of para-hydroxylation sites is 1. The Morgan fingerprint density at radius 2 is 2.11 bits per heavy atom. The summed E-state index contributed by atoms with van der Waals surface area (Å²) >= 11 is 7.99. The van der Waals surface area contributed by atoms with Gasteiger partial charge in [0.1, 0.15) is 5.15 Å². The molecule has 5 heteroatoms. The van der Waals surface area contributed by atoms with Crippen molar-refractivity contribution in [2.75, 3.05) is 11.1 Å². The van der Waals surface area contributed by atoms with Crippen molar-refractivity contribution in [1.29, 1.82) is 0 Å². The van der Waals surface area contributed by atoms with Crippen molar-refractivity contribution in [1.82, 2.24) is 9.97 Å². The van der Waals surface area contributed by atoms with Gasteiger partial charge in [0.25, 0.3) is 0 Å². The highest BCUT2D eigenvalue weighted by Gasteiger charge is 2.17. The molecular weight excluding hydrogens is 278 g/mol. The number of hydrogen-bond acceptors (Lipinski definition) is 4. The van der Waals surface area contributed by atoms with Crippen LogP contribution in [0, 0.1) is 6.92 Å². The van der Waals surface area contributed by atoms with E-state index in [-0.39, 0.29) is 0 Å². The van der Waals surface area contributed by atoms with Gasteiger partial charge in [-0.05, 0) is 37.1 Å². The van der Waals surface area contributed by atoms with Crippen molar-refractivity contribution in [2.24, 2.45) is 0 Å². The molecule has 0 aliphatic carbocycles. The van der Waals surface area contributed by atoms with E-state index < -0.39 is 0 Å². The lowest BCUT2D eigenvalue weighted by molar-refractivity contribution is 0.832. The van der Waals surface area contributed by atoms with Crippen LogP contribution in [0.1, 0.15) is 17.7 Å². The highest BCUT2D eigenvalue weighted by molar-refractivity contribution is 7.99. The minimum absolute atomic E-state index is 0.561. The minimum Gasteiger partial charge on any atom is -0.324 e. The molecule has 0 saturated heterocycles. The number of nitrogens with zero attached hydrogens (tertiary/aromatic N) is 2. The number of anilines is 2. The highest BCUT2D eigenvalue weighted by Crippen LogP contribution is 2.34. The zero-order valence-corrected chi connectivity index (χ0v) is 12.2. The van der Waals surface area contributed by atoms with Gasteiger partial charge in [0.2, 0.25) is 5.95 Å². The largest absolute Gasteiger partial charge is 0.324 e. The van der Waals surface area contributed by atoms with Crippen LogP contribution < -0.4 is 5.32 Å². The summed E-state index contributed by atoms with van der Waals surface area (Å²) in [6.45, 7) is 2.05. The molecule has 1 N–H and O–H groups in total. The van der Waals surface area contributed by atoms with Crippen molar-refractivity contribution >= 4 is 35.0 Å². The van der Waals surface area contributed by atoms with Crippen LogP contribution in [0.25, 0.3) is 0 Å². The van der Waals surface area contributed by atoms with E-state index in [1.807, 2.05) is 18.2 Å². The number of nitrogens with one attached hydrogen (secondary N) is 1. The van der Waals surface area contributed by atoms with Crippen molar-refractivity contribution in [3.63, 3.8) is 0 Å². The number of fused-ring (bicyclic) bond motifs is 1. The molecule has 0 saturated carbocycles. The Morgan fingerprint density at radius 1 is 1.26 bits per heavy atom. The number of benzene rings is 1. The fourth-order valence-corrected chi connectivity index (χ4v) is 3.41. The molecule has 1 aromatic carbocycles. The first kappa shape index (κ1) is 12.8. The number of halogens is 1. The van der Waals surface area contributed by atoms with Crippen LogP contribution in [0.15, 0.2) is 29.2 Å². The Balaban J connectivity index is 1.94. The zero-order valence-electron chi connectivity index (χ0n) is 10.6. The van der Waals surface area contributed by atoms with Crippen LogP contribution >= 0.6 is 23.4 Å². The maximum Gasteiger partial charge on any atom is 0.228 e. The second-order valence-electron chi connectivity index (χ2n) is 4.51. The van der Waals surface area contributed by atoms with Gasteiger partial charge < -0.3 is 5.32 Å². The smallest absolute Gasteiger partial charge is 0.228 e. The molecule has 2 aromatic rings. The molecule has 0 fully saturated rings. The summed E-state index contributed by atoms with van der Waals surface area (Å²) in [5.74, 6) is 1.68. The lowest BCUT2D eigenvalue weighted by Crippen LogP contribution is -2.07. The van der Waals surface area contributed by atoms with Gasteiger partial charge in [-0.3, -0.25) is 0 Å². The molecule has 0 radical (unpaired) electrons. The van der Waals surface area contributed by atoms with Gasteiger partial charge in [-0.2, -0.15) is 4.98 Å².